The normalized spacial score (nSPS) is 21.4. The van der Waals surface area contributed by atoms with E-state index in [-0.39, 0.29) is 16.9 Å². The molecule has 1 aliphatic heterocycles. The fourth-order valence-electron chi connectivity index (χ4n) is 2.90. The molecule has 0 radical (unpaired) electrons. The zero-order valence-corrected chi connectivity index (χ0v) is 16.5. The summed E-state index contributed by atoms with van der Waals surface area (Å²) in [6.07, 6.45) is 2.93. The number of carbonyl (C=O) groups excluding carboxylic acids is 1. The zero-order valence-electron chi connectivity index (χ0n) is 15.7. The molecule has 2 heterocycles. The fourth-order valence-corrected chi connectivity index (χ4v) is 3.94. The number of thioether (sulfide) groups is 1. The molecule has 0 unspecified atom stereocenters. The first-order chi connectivity index (χ1) is 12.6. The zero-order chi connectivity index (χ0) is 19.8. The summed E-state index contributed by atoms with van der Waals surface area (Å²) in [4.78, 5) is 25.1. The molecule has 0 saturated heterocycles. The van der Waals surface area contributed by atoms with Crippen molar-refractivity contribution in [2.45, 2.75) is 33.2 Å². The van der Waals surface area contributed by atoms with E-state index in [4.69, 9.17) is 5.73 Å². The number of nitrogens with two attached hydrogens (primary N) is 1. The number of aromatic nitrogens is 2. The largest absolute Gasteiger partial charge is 0.379 e. The van der Waals surface area contributed by atoms with Gasteiger partial charge in [-0.25, -0.2) is 9.37 Å². The van der Waals surface area contributed by atoms with E-state index in [2.05, 4.69) is 20.3 Å². The molecule has 8 heteroatoms. The van der Waals surface area contributed by atoms with Gasteiger partial charge in [0.2, 0.25) is 0 Å². The van der Waals surface area contributed by atoms with Crippen LogP contribution in [0.5, 0.6) is 0 Å². The quantitative estimate of drug-likeness (QED) is 0.841. The number of benzene rings is 1. The predicted octanol–water partition coefficient (Wildman–Crippen LogP) is 3.48. The van der Waals surface area contributed by atoms with Gasteiger partial charge in [0.25, 0.3) is 5.91 Å². The molecular formula is C19H22FN5OS. The van der Waals surface area contributed by atoms with Crippen molar-refractivity contribution in [2.24, 2.45) is 16.1 Å². The molecule has 1 atom stereocenters. The van der Waals surface area contributed by atoms with Crippen molar-refractivity contribution in [1.82, 2.24) is 9.97 Å². The minimum Gasteiger partial charge on any atom is -0.379 e. The first kappa shape index (κ1) is 19.3. The minimum atomic E-state index is -0.850. The Morgan fingerprint density at radius 2 is 2.00 bits per heavy atom. The number of halogens is 1. The number of amides is 1. The van der Waals surface area contributed by atoms with Crippen LogP contribution in [0.4, 0.5) is 10.1 Å². The Kier molecular flexibility index (Phi) is 4.94. The summed E-state index contributed by atoms with van der Waals surface area (Å²) in [6, 6.07) is 4.46. The molecule has 3 N–H and O–H groups in total. The fraction of sp³-hybridized carbons (Fsp3) is 0.368. The highest BCUT2D eigenvalue weighted by Crippen LogP contribution is 2.49. The van der Waals surface area contributed by atoms with Crippen LogP contribution in [0.15, 0.2) is 35.6 Å². The average molecular weight is 387 g/mol. The summed E-state index contributed by atoms with van der Waals surface area (Å²) in [7, 11) is 0. The van der Waals surface area contributed by atoms with Gasteiger partial charge in [-0.05, 0) is 32.0 Å². The Hall–Kier alpha value is -2.48. The van der Waals surface area contributed by atoms with Crippen molar-refractivity contribution in [3.05, 3.63) is 53.4 Å². The molecule has 0 spiro atoms. The topological polar surface area (TPSA) is 93.3 Å². The van der Waals surface area contributed by atoms with Crippen molar-refractivity contribution >= 4 is 28.5 Å². The van der Waals surface area contributed by atoms with Crippen LogP contribution in [0, 0.1) is 18.2 Å². The lowest BCUT2D eigenvalue weighted by atomic mass is 9.70. The highest BCUT2D eigenvalue weighted by molar-refractivity contribution is 8.13. The van der Waals surface area contributed by atoms with Gasteiger partial charge in [-0.1, -0.05) is 25.6 Å². The SMILES string of the molecule is Cc1cnc(C(=O)Nc2ccc(F)c([C@@]3(C)N=C(N)SCC3(C)C)c2)cn1. The van der Waals surface area contributed by atoms with Gasteiger partial charge in [0.05, 0.1) is 17.4 Å². The van der Waals surface area contributed by atoms with Gasteiger partial charge in [-0.3, -0.25) is 14.8 Å². The number of carbonyl (C=O) groups is 1. The van der Waals surface area contributed by atoms with Crippen molar-refractivity contribution in [1.29, 1.82) is 0 Å². The van der Waals surface area contributed by atoms with Gasteiger partial charge in [0.1, 0.15) is 11.5 Å². The highest BCUT2D eigenvalue weighted by Gasteiger charge is 2.46. The second kappa shape index (κ2) is 6.92. The first-order valence-electron chi connectivity index (χ1n) is 8.50. The number of aryl methyl sites for hydroxylation is 1. The summed E-state index contributed by atoms with van der Waals surface area (Å²) >= 11 is 1.46. The van der Waals surface area contributed by atoms with E-state index in [1.54, 1.807) is 13.0 Å². The third-order valence-corrected chi connectivity index (χ3v) is 6.25. The van der Waals surface area contributed by atoms with E-state index in [0.29, 0.717) is 22.2 Å². The third-order valence-electron chi connectivity index (χ3n) is 4.99. The molecule has 0 aliphatic carbocycles. The van der Waals surface area contributed by atoms with Gasteiger partial charge < -0.3 is 11.1 Å². The molecule has 1 aromatic heterocycles. The summed E-state index contributed by atoms with van der Waals surface area (Å²) < 4.78 is 14.7. The van der Waals surface area contributed by atoms with Crippen molar-refractivity contribution < 1.29 is 9.18 Å². The lowest BCUT2D eigenvalue weighted by Gasteiger charge is -2.44. The number of hydrogen-bond donors (Lipinski definition) is 2. The van der Waals surface area contributed by atoms with Gasteiger partial charge in [-0.2, -0.15) is 0 Å². The Morgan fingerprint density at radius 3 is 2.67 bits per heavy atom. The van der Waals surface area contributed by atoms with Crippen molar-refractivity contribution in [3.63, 3.8) is 0 Å². The molecule has 1 amide bonds. The number of aliphatic imine (C=N–C) groups is 1. The molecule has 1 aliphatic rings. The predicted molar refractivity (Wildman–Crippen MR) is 106 cm³/mol. The van der Waals surface area contributed by atoms with Gasteiger partial charge >= 0.3 is 0 Å². The van der Waals surface area contributed by atoms with Crippen molar-refractivity contribution in [2.75, 3.05) is 11.1 Å². The maximum Gasteiger partial charge on any atom is 0.275 e. The average Bonchev–Trinajstić information content (AvgIpc) is 2.61. The standard InChI is InChI=1S/C19H22FN5OS/c1-11-8-23-15(9-22-11)16(26)24-12-5-6-14(20)13(7-12)19(4)18(2,3)10-27-17(21)25-19/h5-9H,10H2,1-4H3,(H2,21,25)(H,24,26)/t19-/m1/s1. The van der Waals surface area contributed by atoms with Crippen molar-refractivity contribution in [3.8, 4) is 0 Å². The van der Waals surface area contributed by atoms with Crippen LogP contribution in [0.1, 0.15) is 42.5 Å². The van der Waals surface area contributed by atoms with Crippen LogP contribution >= 0.6 is 11.8 Å². The molecule has 0 fully saturated rings. The maximum atomic E-state index is 14.7. The van der Waals surface area contributed by atoms with Crippen LogP contribution in [0.3, 0.4) is 0 Å². The van der Waals surface area contributed by atoms with Crippen LogP contribution in [0.2, 0.25) is 0 Å². The van der Waals surface area contributed by atoms with Crippen LogP contribution < -0.4 is 11.1 Å². The molecule has 6 nitrogen and oxygen atoms in total. The summed E-state index contributed by atoms with van der Waals surface area (Å²) in [6.45, 7) is 7.72. The molecule has 0 saturated carbocycles. The number of anilines is 1. The third kappa shape index (κ3) is 3.66. The maximum absolute atomic E-state index is 14.7. The van der Waals surface area contributed by atoms with E-state index < -0.39 is 11.4 Å². The van der Waals surface area contributed by atoms with Gasteiger partial charge in [-0.15, -0.1) is 0 Å². The summed E-state index contributed by atoms with van der Waals surface area (Å²) in [5.41, 5.74) is 6.52. The van der Waals surface area contributed by atoms with Gasteiger partial charge in [0.15, 0.2) is 5.17 Å². The monoisotopic (exact) mass is 387 g/mol. The molecule has 2 aromatic rings. The first-order valence-corrected chi connectivity index (χ1v) is 9.49. The number of hydrogen-bond acceptors (Lipinski definition) is 6. The van der Waals surface area contributed by atoms with Crippen LogP contribution in [-0.2, 0) is 5.54 Å². The van der Waals surface area contributed by atoms with E-state index in [1.165, 1.54) is 36.3 Å². The molecule has 3 rings (SSSR count). The van der Waals surface area contributed by atoms with E-state index in [9.17, 15) is 9.18 Å². The van der Waals surface area contributed by atoms with Crippen LogP contribution in [-0.4, -0.2) is 26.8 Å². The number of rotatable bonds is 3. The number of amidine groups is 1. The van der Waals surface area contributed by atoms with Gasteiger partial charge in [0, 0.05) is 28.6 Å². The second-order valence-electron chi connectivity index (χ2n) is 7.39. The lowest BCUT2D eigenvalue weighted by molar-refractivity contribution is 0.102. The van der Waals surface area contributed by atoms with E-state index >= 15 is 0 Å². The summed E-state index contributed by atoms with van der Waals surface area (Å²) in [5, 5.41) is 3.18. The minimum absolute atomic E-state index is 0.189. The smallest absolute Gasteiger partial charge is 0.275 e. The highest BCUT2D eigenvalue weighted by atomic mass is 32.2. The van der Waals surface area contributed by atoms with E-state index in [1.807, 2.05) is 20.8 Å². The summed E-state index contributed by atoms with van der Waals surface area (Å²) in [5.74, 6) is -0.0813. The Morgan fingerprint density at radius 1 is 1.26 bits per heavy atom. The number of nitrogens with zero attached hydrogens (tertiary/aromatic N) is 3. The Labute approximate surface area is 161 Å². The lowest BCUT2D eigenvalue weighted by Crippen LogP contribution is -2.45. The molecule has 142 valence electrons. The molecule has 1 aromatic carbocycles. The Bertz CT molecular complexity index is 913. The Balaban J connectivity index is 1.96. The molecular weight excluding hydrogens is 365 g/mol. The van der Waals surface area contributed by atoms with Crippen LogP contribution in [0.25, 0.3) is 0 Å². The number of nitrogens with one attached hydrogen (secondary N) is 1. The van der Waals surface area contributed by atoms with E-state index in [0.717, 1.165) is 5.69 Å². The molecule has 0 bridgehead atoms. The second-order valence-corrected chi connectivity index (χ2v) is 8.38. The molecule has 27 heavy (non-hydrogen) atoms.